The highest BCUT2D eigenvalue weighted by Crippen LogP contribution is 2.54. The number of primary amides is 1. The van der Waals surface area contributed by atoms with Gasteiger partial charge in [-0.05, 0) is 49.9 Å². The van der Waals surface area contributed by atoms with Gasteiger partial charge in [-0.15, -0.1) is 0 Å². The molecule has 0 bridgehead atoms. The number of aromatic nitrogens is 3. The first kappa shape index (κ1) is 22.2. The maximum atomic E-state index is 12.9. The van der Waals surface area contributed by atoms with Gasteiger partial charge in [-0.25, -0.2) is 22.9 Å². The van der Waals surface area contributed by atoms with Crippen LogP contribution in [0.3, 0.4) is 0 Å². The fourth-order valence-electron chi connectivity index (χ4n) is 6.39. The highest BCUT2D eigenvalue weighted by molar-refractivity contribution is 7.89. The monoisotopic (exact) mass is 511 g/mol. The van der Waals surface area contributed by atoms with Crippen molar-refractivity contribution in [1.29, 1.82) is 0 Å². The van der Waals surface area contributed by atoms with Gasteiger partial charge in [0.05, 0.1) is 10.9 Å². The van der Waals surface area contributed by atoms with Crippen molar-refractivity contribution in [3.63, 3.8) is 0 Å². The SMILES string of the molecule is NC(=O)c1ccc(S(=O)(=O)N2CC3(CN(C(=O)N4CC5(CC(n6cnc(C7CC7)n6)C5)C4)C3)C2)cc1. The fraction of sp³-hybridized carbons (Fsp3) is 0.583. The molecule has 3 saturated heterocycles. The number of likely N-dealkylation sites (tertiary alicyclic amines) is 2. The molecule has 2 saturated carbocycles. The van der Waals surface area contributed by atoms with E-state index >= 15 is 0 Å². The molecule has 0 atom stereocenters. The van der Waals surface area contributed by atoms with Crippen LogP contribution >= 0.6 is 0 Å². The van der Waals surface area contributed by atoms with Crippen LogP contribution in [0, 0.1) is 10.8 Å². The average molecular weight is 512 g/mol. The molecule has 1 aromatic carbocycles. The maximum Gasteiger partial charge on any atom is 0.320 e. The summed E-state index contributed by atoms with van der Waals surface area (Å²) in [5.74, 6) is 0.954. The lowest BCUT2D eigenvalue weighted by Crippen LogP contribution is -2.76. The lowest BCUT2D eigenvalue weighted by atomic mass is 9.60. The van der Waals surface area contributed by atoms with Gasteiger partial charge >= 0.3 is 6.03 Å². The Labute approximate surface area is 209 Å². The molecule has 1 aromatic heterocycles. The van der Waals surface area contributed by atoms with E-state index in [0.29, 0.717) is 38.1 Å². The Kier molecular flexibility index (Phi) is 4.50. The van der Waals surface area contributed by atoms with Gasteiger partial charge < -0.3 is 15.5 Å². The summed E-state index contributed by atoms with van der Waals surface area (Å²) in [6.07, 6.45) is 6.36. The number of hydrogen-bond donors (Lipinski definition) is 1. The summed E-state index contributed by atoms with van der Waals surface area (Å²) >= 11 is 0. The second-order valence-electron chi connectivity index (χ2n) is 11.6. The van der Waals surface area contributed by atoms with Crippen molar-refractivity contribution in [2.45, 2.75) is 42.5 Å². The smallest absolute Gasteiger partial charge is 0.320 e. The number of benzene rings is 1. The van der Waals surface area contributed by atoms with Crippen molar-refractivity contribution in [2.24, 2.45) is 16.6 Å². The van der Waals surface area contributed by atoms with Crippen LogP contribution in [0.15, 0.2) is 35.5 Å². The van der Waals surface area contributed by atoms with Gasteiger partial charge in [0.2, 0.25) is 15.9 Å². The molecular formula is C24H29N7O4S. The van der Waals surface area contributed by atoms with E-state index in [2.05, 4.69) is 10.1 Å². The molecule has 0 unspecified atom stereocenters. The normalized spacial score (nSPS) is 24.7. The first-order chi connectivity index (χ1) is 17.2. The van der Waals surface area contributed by atoms with E-state index in [0.717, 1.165) is 31.8 Å². The van der Waals surface area contributed by atoms with E-state index in [1.165, 1.54) is 41.4 Å². The second-order valence-corrected chi connectivity index (χ2v) is 13.5. The van der Waals surface area contributed by atoms with Crippen molar-refractivity contribution >= 4 is 22.0 Å². The summed E-state index contributed by atoms with van der Waals surface area (Å²) in [5.41, 5.74) is 5.58. The topological polar surface area (TPSA) is 135 Å². The predicted octanol–water partition coefficient (Wildman–Crippen LogP) is 1.02. The number of hydrogen-bond acceptors (Lipinski definition) is 6. The van der Waals surface area contributed by atoms with E-state index in [-0.39, 0.29) is 27.3 Å². The van der Waals surface area contributed by atoms with Gasteiger partial charge in [0.1, 0.15) is 6.33 Å². The summed E-state index contributed by atoms with van der Waals surface area (Å²) in [4.78, 5) is 32.5. The van der Waals surface area contributed by atoms with Crippen LogP contribution in [0.4, 0.5) is 4.79 Å². The van der Waals surface area contributed by atoms with Gasteiger partial charge in [0, 0.05) is 61.6 Å². The van der Waals surface area contributed by atoms with E-state index in [9.17, 15) is 18.0 Å². The summed E-state index contributed by atoms with van der Waals surface area (Å²) in [5, 5.41) is 4.66. The van der Waals surface area contributed by atoms with E-state index < -0.39 is 15.9 Å². The Morgan fingerprint density at radius 2 is 1.53 bits per heavy atom. The fourth-order valence-corrected chi connectivity index (χ4v) is 8.05. The minimum absolute atomic E-state index is 0.0647. The molecule has 3 amide bonds. The number of nitrogens with two attached hydrogens (primary N) is 1. The molecule has 190 valence electrons. The molecule has 7 rings (SSSR count). The van der Waals surface area contributed by atoms with E-state index in [1.54, 1.807) is 0 Å². The first-order valence-corrected chi connectivity index (χ1v) is 13.9. The number of rotatable bonds is 5. The molecule has 0 radical (unpaired) electrons. The minimum Gasteiger partial charge on any atom is -0.366 e. The van der Waals surface area contributed by atoms with Gasteiger partial charge in [-0.2, -0.15) is 9.40 Å². The van der Waals surface area contributed by atoms with Crippen molar-refractivity contribution < 1.29 is 18.0 Å². The summed E-state index contributed by atoms with van der Waals surface area (Å²) in [6, 6.07) is 6.14. The molecule has 36 heavy (non-hydrogen) atoms. The number of amides is 3. The van der Waals surface area contributed by atoms with Crippen molar-refractivity contribution in [2.75, 3.05) is 39.3 Å². The van der Waals surface area contributed by atoms with Crippen LogP contribution in [0.2, 0.25) is 0 Å². The van der Waals surface area contributed by atoms with Gasteiger partial charge in [-0.3, -0.25) is 4.79 Å². The Hall–Kier alpha value is -2.99. The average Bonchev–Trinajstić information content (AvgIpc) is 3.47. The Bertz CT molecular complexity index is 1340. The first-order valence-electron chi connectivity index (χ1n) is 12.5. The van der Waals surface area contributed by atoms with Crippen molar-refractivity contribution in [1.82, 2.24) is 28.9 Å². The maximum absolute atomic E-state index is 12.9. The molecule has 11 nitrogen and oxygen atoms in total. The Balaban J connectivity index is 0.880. The molecular weight excluding hydrogens is 482 g/mol. The number of carbonyl (C=O) groups excluding carboxylic acids is 2. The highest BCUT2D eigenvalue weighted by Gasteiger charge is 2.60. The third-order valence-corrected chi connectivity index (χ3v) is 10.4. The van der Waals surface area contributed by atoms with Crippen molar-refractivity contribution in [3.8, 4) is 0 Å². The van der Waals surface area contributed by atoms with Gasteiger partial charge in [-0.1, -0.05) is 0 Å². The van der Waals surface area contributed by atoms with Crippen LogP contribution in [-0.2, 0) is 10.0 Å². The number of sulfonamides is 1. The summed E-state index contributed by atoms with van der Waals surface area (Å²) < 4.78 is 29.2. The second kappa shape index (κ2) is 7.28. The number of urea groups is 1. The molecule has 5 aliphatic rings. The third-order valence-electron chi connectivity index (χ3n) is 8.63. The zero-order chi connectivity index (χ0) is 24.9. The standard InChI is InChI=1S/C24H29N7O4S/c25-20(32)16-3-5-19(6-4-16)36(34,35)30-13-24(14-30)11-29(12-24)22(33)28-9-23(10-28)7-18(8-23)31-15-26-21(27-31)17-1-2-17/h3-6,15,17-18H,1-2,7-14H2,(H2,25,32). The predicted molar refractivity (Wildman–Crippen MR) is 127 cm³/mol. The van der Waals surface area contributed by atoms with Crippen LogP contribution in [0.25, 0.3) is 0 Å². The summed E-state index contributed by atoms with van der Waals surface area (Å²) in [6.45, 7) is 3.57. The Morgan fingerprint density at radius 1 is 0.917 bits per heavy atom. The van der Waals surface area contributed by atoms with E-state index in [1.807, 2.05) is 20.8 Å². The number of carbonyl (C=O) groups is 2. The molecule has 2 aliphatic carbocycles. The quantitative estimate of drug-likeness (QED) is 0.637. The third kappa shape index (κ3) is 3.37. The molecule has 2 aromatic rings. The molecule has 12 heteroatoms. The molecule has 2 N–H and O–H groups in total. The van der Waals surface area contributed by atoms with Crippen LogP contribution < -0.4 is 5.73 Å². The molecule has 2 spiro atoms. The summed E-state index contributed by atoms with van der Waals surface area (Å²) in [7, 11) is -3.62. The zero-order valence-electron chi connectivity index (χ0n) is 19.9. The molecule has 3 aliphatic heterocycles. The van der Waals surface area contributed by atoms with Gasteiger partial charge in [0.15, 0.2) is 5.82 Å². The minimum atomic E-state index is -3.62. The lowest BCUT2D eigenvalue weighted by molar-refractivity contribution is -0.101. The van der Waals surface area contributed by atoms with Gasteiger partial charge in [0.25, 0.3) is 0 Å². The zero-order valence-corrected chi connectivity index (χ0v) is 20.7. The largest absolute Gasteiger partial charge is 0.366 e. The molecule has 4 heterocycles. The Morgan fingerprint density at radius 3 is 2.11 bits per heavy atom. The van der Waals surface area contributed by atoms with Crippen LogP contribution in [0.1, 0.15) is 53.8 Å². The highest BCUT2D eigenvalue weighted by atomic mass is 32.2. The lowest BCUT2D eigenvalue weighted by Gasteiger charge is -2.63. The van der Waals surface area contributed by atoms with E-state index in [4.69, 9.17) is 5.73 Å². The number of nitrogens with zero attached hydrogens (tertiary/aromatic N) is 6. The van der Waals surface area contributed by atoms with Crippen LogP contribution in [0.5, 0.6) is 0 Å². The van der Waals surface area contributed by atoms with Crippen LogP contribution in [-0.4, -0.2) is 88.5 Å². The van der Waals surface area contributed by atoms with Crippen molar-refractivity contribution in [3.05, 3.63) is 42.0 Å². The molecule has 5 fully saturated rings.